The fraction of sp³-hybridized carbons (Fsp3) is 0.239. The van der Waals surface area contributed by atoms with E-state index in [0.717, 1.165) is 33.3 Å². The van der Waals surface area contributed by atoms with Gasteiger partial charge in [0, 0.05) is 92.3 Å². The van der Waals surface area contributed by atoms with Crippen molar-refractivity contribution >= 4 is 57.8 Å². The molecule has 1 aliphatic rings. The van der Waals surface area contributed by atoms with Crippen LogP contribution in [0.2, 0.25) is 0 Å². The van der Waals surface area contributed by atoms with Crippen LogP contribution in [0.4, 0.5) is 35.0 Å². The van der Waals surface area contributed by atoms with E-state index in [1.807, 2.05) is 39.8 Å². The topological polar surface area (TPSA) is 277 Å². The van der Waals surface area contributed by atoms with E-state index in [2.05, 4.69) is 36.2 Å². The first-order valence-electron chi connectivity index (χ1n) is 28.2. The maximum atomic E-state index is 13.6. The number of aryl methyl sites for hydroxylation is 2. The number of hydrogen-bond acceptors (Lipinski definition) is 16. The molecule has 0 bridgehead atoms. The van der Waals surface area contributed by atoms with Crippen LogP contribution in [0.5, 0.6) is 23.0 Å². The number of carbonyl (C=O) groups excluding carboxylic acids is 1. The third-order valence-corrected chi connectivity index (χ3v) is 14.4. The molecule has 0 spiro atoms. The number of aliphatic hydroxyl groups excluding tert-OH is 1. The Kier molecular flexibility index (Phi) is 27.9. The molecule has 0 atom stereocenters. The second kappa shape index (κ2) is 35.1. The number of nitrogen functional groups attached to an aromatic ring is 2. The molecule has 7 N–H and O–H groups in total. The van der Waals surface area contributed by atoms with Crippen LogP contribution in [0.3, 0.4) is 0 Å². The number of ether oxygens (including phenoxy) is 4. The van der Waals surface area contributed by atoms with Crippen LogP contribution in [0.1, 0.15) is 81.8 Å². The number of carbonyl (C=O) groups is 2. The molecule has 0 saturated carbocycles. The average molecular weight is 1350 g/mol. The van der Waals surface area contributed by atoms with E-state index in [1.165, 1.54) is 130 Å². The molecule has 0 unspecified atom stereocenters. The highest BCUT2D eigenvalue weighted by Gasteiger charge is 2.51. The lowest BCUT2D eigenvalue weighted by molar-refractivity contribution is 0.00578. The molecule has 1 aliphatic heterocycles. The lowest BCUT2D eigenvalue weighted by Gasteiger charge is -2.32. The van der Waals surface area contributed by atoms with Crippen molar-refractivity contribution in [3.63, 3.8) is 0 Å². The third kappa shape index (κ3) is 23.7. The zero-order valence-corrected chi connectivity index (χ0v) is 54.3. The van der Waals surface area contributed by atoms with Crippen molar-refractivity contribution in [2.75, 3.05) is 45.2 Å². The number of aromatic carboxylic acids is 1. The number of anilines is 3. The van der Waals surface area contributed by atoms with Crippen molar-refractivity contribution in [3.8, 4) is 23.0 Å². The number of carboxylic acids is 1. The predicted molar refractivity (Wildman–Crippen MR) is 352 cm³/mol. The van der Waals surface area contributed by atoms with E-state index in [9.17, 15) is 36.7 Å². The Morgan fingerprint density at radius 2 is 0.946 bits per heavy atom. The summed E-state index contributed by atoms with van der Waals surface area (Å²) in [5.41, 5.74) is 16.2. The third-order valence-electron chi connectivity index (χ3n) is 13.7. The van der Waals surface area contributed by atoms with E-state index in [-0.39, 0.29) is 65.0 Å². The number of benzene rings is 4. The Labute approximate surface area is 544 Å². The molecule has 0 radical (unpaired) electrons. The summed E-state index contributed by atoms with van der Waals surface area (Å²) in [7, 11) is 8.70. The zero-order chi connectivity index (χ0) is 68.6. The largest absolute Gasteiger partial charge is 0.497 e. The summed E-state index contributed by atoms with van der Waals surface area (Å²) >= 11 is 3.23. The Morgan fingerprint density at radius 1 is 0.548 bits per heavy atom. The van der Waals surface area contributed by atoms with Gasteiger partial charge in [-0.05, 0) is 153 Å². The molecule has 6 heterocycles. The summed E-state index contributed by atoms with van der Waals surface area (Å²) in [6.45, 7) is 7.93. The number of hydrogen-bond donors (Lipinski definition) is 5. The standard InChI is InChI=1S/C20H18FN3O3.C13H13FN2O.C11H17BN2O2.C8H8BrFO.C8H9FO2.C7H7NO3/c1-24-12-15(4-6-19(24)25)20(26)23-18-5-3-13(11-22-18)7-14-8-16(21)10-17(9-14)27-2;1-17-12-6-10(5-11(14)7-12)4-9-2-3-13(15)16-8-9;1-10(2)11(3,4)16-12(15-10)8-5-6-9(13)14-7-8;1-11-8-3-6(5-9)2-7(10)4-8;1-11-8-3-6(5-10)2-7(9)4-8;1-8-4-5(7(10)11)2-3-6(8)9/h3-6,8-12H,7H2,1-2H3,(H,22,23,26);2-3,5-8H,4H2,1H3,(H2,15,16);5-7H,1-4H3,(H2,13,14);2-4H,5H2,1H3;2-4,10H,5H2,1H3;2-4H,1H3,(H,10,11). The van der Waals surface area contributed by atoms with Gasteiger partial charge in [0.2, 0.25) is 11.1 Å². The molecule has 490 valence electrons. The van der Waals surface area contributed by atoms with Gasteiger partial charge in [-0.1, -0.05) is 34.1 Å². The summed E-state index contributed by atoms with van der Waals surface area (Å²) in [6.07, 6.45) is 8.82. The van der Waals surface area contributed by atoms with Gasteiger partial charge in [-0.15, -0.1) is 0 Å². The van der Waals surface area contributed by atoms with Gasteiger partial charge in [-0.25, -0.2) is 37.3 Å². The fourth-order valence-corrected chi connectivity index (χ4v) is 8.44. The maximum absolute atomic E-state index is 13.6. The first-order valence-corrected chi connectivity index (χ1v) is 29.3. The van der Waals surface area contributed by atoms with Gasteiger partial charge in [-0.3, -0.25) is 14.4 Å². The van der Waals surface area contributed by atoms with Crippen LogP contribution >= 0.6 is 15.9 Å². The van der Waals surface area contributed by atoms with E-state index in [4.69, 9.17) is 49.9 Å². The summed E-state index contributed by atoms with van der Waals surface area (Å²) in [5, 5.41) is 20.5. The van der Waals surface area contributed by atoms with Crippen molar-refractivity contribution in [2.24, 2.45) is 14.1 Å². The molecule has 26 heteroatoms. The molecule has 4 aromatic carbocycles. The number of pyridine rings is 5. The molecule has 5 aromatic heterocycles. The SMILES string of the molecule is CC1(C)OB(c2ccc(N)nc2)OC1(C)C.COc1cc(F)cc(CBr)c1.COc1cc(F)cc(CO)c1.COc1cc(F)cc(Cc2ccc(N)nc2)c1.COc1cc(F)cc(Cc2ccc(NC(=O)c3ccc(=O)n(C)c3)nc2)c1.Cn1cc(C(=O)O)ccc1=O. The quantitative estimate of drug-likeness (QED) is 0.0384. The Bertz CT molecular complexity index is 3940. The molecule has 9 aromatic rings. The first kappa shape index (κ1) is 73.8. The maximum Gasteiger partial charge on any atom is 0.496 e. The van der Waals surface area contributed by atoms with Gasteiger partial charge in [-0.2, -0.15) is 0 Å². The summed E-state index contributed by atoms with van der Waals surface area (Å²) in [4.78, 5) is 57.0. The molecule has 93 heavy (non-hydrogen) atoms. The highest BCUT2D eigenvalue weighted by atomic mass is 79.9. The van der Waals surface area contributed by atoms with E-state index in [0.29, 0.717) is 69.8 Å². The smallest absolute Gasteiger partial charge is 0.496 e. The second-order valence-electron chi connectivity index (χ2n) is 21.4. The van der Waals surface area contributed by atoms with Crippen LogP contribution in [-0.4, -0.2) is 92.9 Å². The normalized spacial score (nSPS) is 12.2. The second-order valence-corrected chi connectivity index (χ2v) is 21.9. The molecule has 0 aliphatic carbocycles. The minimum Gasteiger partial charge on any atom is -0.497 e. The van der Waals surface area contributed by atoms with Crippen LogP contribution in [-0.2, 0) is 48.2 Å². The van der Waals surface area contributed by atoms with Crippen molar-refractivity contribution in [3.05, 3.63) is 253 Å². The van der Waals surface area contributed by atoms with Crippen LogP contribution in [0.15, 0.2) is 174 Å². The number of alkyl halides is 1. The lowest BCUT2D eigenvalue weighted by atomic mass is 9.80. The molecule has 20 nitrogen and oxygen atoms in total. The van der Waals surface area contributed by atoms with Crippen molar-refractivity contribution in [1.29, 1.82) is 0 Å². The molecule has 10 rings (SSSR count). The number of halogens is 5. The van der Waals surface area contributed by atoms with Gasteiger partial charge in [0.15, 0.2) is 0 Å². The van der Waals surface area contributed by atoms with Gasteiger partial charge < -0.3 is 64.4 Å². The zero-order valence-electron chi connectivity index (χ0n) is 52.8. The minimum absolute atomic E-state index is 0.118. The van der Waals surface area contributed by atoms with Crippen molar-refractivity contribution in [2.45, 2.75) is 63.7 Å². The van der Waals surface area contributed by atoms with Crippen molar-refractivity contribution < 1.29 is 65.6 Å². The highest BCUT2D eigenvalue weighted by Crippen LogP contribution is 2.36. The number of carboxylic acid groups (broad SMARTS) is 1. The number of aliphatic hydroxyl groups is 1. The Balaban J connectivity index is 0.000000210. The molecular formula is C67H72BBrF4N8O12. The molecule has 1 amide bonds. The summed E-state index contributed by atoms with van der Waals surface area (Å²) < 4.78 is 86.2. The van der Waals surface area contributed by atoms with E-state index >= 15 is 0 Å². The van der Waals surface area contributed by atoms with Gasteiger partial charge in [0.25, 0.3) is 5.91 Å². The number of nitrogens with zero attached hydrogens (tertiary/aromatic N) is 5. The number of rotatable bonds is 14. The summed E-state index contributed by atoms with van der Waals surface area (Å²) in [5.74, 6) is 0.603. The van der Waals surface area contributed by atoms with Gasteiger partial charge in [0.1, 0.15) is 63.7 Å². The number of nitrogens with two attached hydrogens (primary N) is 2. The predicted octanol–water partition coefficient (Wildman–Crippen LogP) is 10.3. The first-order chi connectivity index (χ1) is 44.1. The van der Waals surface area contributed by atoms with Crippen molar-refractivity contribution in [1.82, 2.24) is 24.1 Å². The van der Waals surface area contributed by atoms with E-state index in [1.54, 1.807) is 74.2 Å². The minimum atomic E-state index is -1.03. The number of amides is 1. The number of nitrogens with one attached hydrogen (secondary N) is 1. The highest BCUT2D eigenvalue weighted by molar-refractivity contribution is 9.08. The number of methoxy groups -OCH3 is 4. The molecule has 1 saturated heterocycles. The van der Waals surface area contributed by atoms with Crippen LogP contribution in [0.25, 0.3) is 0 Å². The van der Waals surface area contributed by atoms with Gasteiger partial charge in [0.05, 0.1) is 57.4 Å². The fourth-order valence-electron chi connectivity index (χ4n) is 8.11. The number of aromatic nitrogens is 5. The molecular weight excluding hydrogens is 1280 g/mol. The summed E-state index contributed by atoms with van der Waals surface area (Å²) in [6, 6.07) is 33.9. The molecule has 1 fully saturated rings. The monoisotopic (exact) mass is 1350 g/mol. The van der Waals surface area contributed by atoms with Gasteiger partial charge >= 0.3 is 13.1 Å². The van der Waals surface area contributed by atoms with Crippen LogP contribution < -0.4 is 52.3 Å². The average Bonchev–Trinajstić information content (AvgIpc) is 1.64. The Morgan fingerprint density at radius 3 is 1.33 bits per heavy atom. The van der Waals surface area contributed by atoms with Crippen LogP contribution in [0, 0.1) is 23.3 Å². The lowest BCUT2D eigenvalue weighted by Crippen LogP contribution is -2.41. The Hall–Kier alpha value is -9.89. The van der Waals surface area contributed by atoms with E-state index < -0.39 is 11.8 Å².